The molecule has 2 aromatic heterocycles. The topological polar surface area (TPSA) is 43.4 Å². The second-order valence-corrected chi connectivity index (χ2v) is 6.04. The van der Waals surface area contributed by atoms with E-state index < -0.39 is 0 Å². The summed E-state index contributed by atoms with van der Waals surface area (Å²) in [6.45, 7) is 2.00. The molecule has 0 aliphatic rings. The summed E-state index contributed by atoms with van der Waals surface area (Å²) < 4.78 is 12.5. The number of benzene rings is 2. The van der Waals surface area contributed by atoms with Crippen LogP contribution in [0.5, 0.6) is 0 Å². The van der Waals surface area contributed by atoms with Gasteiger partial charge in [-0.25, -0.2) is 0 Å². The van der Waals surface area contributed by atoms with Crippen LogP contribution in [0.25, 0.3) is 21.9 Å². The van der Waals surface area contributed by atoms with E-state index in [2.05, 4.69) is 31.9 Å². The quantitative estimate of drug-likeness (QED) is 0.338. The molecule has 2 heterocycles. The first-order valence-electron chi connectivity index (χ1n) is 6.27. The van der Waals surface area contributed by atoms with Crippen LogP contribution in [0.1, 0.15) is 0 Å². The van der Waals surface area contributed by atoms with Gasteiger partial charge in [-0.3, -0.25) is 0 Å². The summed E-state index contributed by atoms with van der Waals surface area (Å²) >= 11 is 6.75. The van der Waals surface area contributed by atoms with Gasteiger partial charge in [-0.1, -0.05) is 31.9 Å². The molecule has 0 aliphatic carbocycles. The molecule has 0 unspecified atom stereocenters. The lowest BCUT2D eigenvalue weighted by atomic mass is 10.3. The van der Waals surface area contributed by atoms with Gasteiger partial charge in [0, 0.05) is 19.7 Å². The molecule has 0 amide bonds. The fourth-order valence-electron chi connectivity index (χ4n) is 1.88. The first-order chi connectivity index (χ1) is 10.7. The molecular weight excluding hydrogens is 412 g/mol. The lowest BCUT2D eigenvalue weighted by molar-refractivity contribution is -0.0979. The molecule has 4 rings (SSSR count). The lowest BCUT2D eigenvalue weighted by Gasteiger charge is -1.87. The van der Waals surface area contributed by atoms with Crippen molar-refractivity contribution in [3.05, 3.63) is 70.0 Å². The van der Waals surface area contributed by atoms with Crippen molar-refractivity contribution in [2.24, 2.45) is 0 Å². The number of carbonyl (C=O) groups excluding carboxylic acids is 1. The zero-order valence-corrected chi connectivity index (χ0v) is 14.6. The highest BCUT2D eigenvalue weighted by Crippen LogP contribution is 2.20. The molecule has 0 atom stereocenters. The zero-order chi connectivity index (χ0) is 15.9. The minimum absolute atomic E-state index is 0.934. The van der Waals surface area contributed by atoms with Gasteiger partial charge in [0.05, 0.1) is 12.5 Å². The Balaban J connectivity index is 0.000000144. The summed E-state index contributed by atoms with van der Waals surface area (Å²) in [5.74, 6) is 0. The largest absolute Gasteiger partial charge is 0.464 e. The molecule has 0 bridgehead atoms. The highest BCUT2D eigenvalue weighted by atomic mass is 79.9. The predicted octanol–water partition coefficient (Wildman–Crippen LogP) is 6.21. The summed E-state index contributed by atoms with van der Waals surface area (Å²) in [7, 11) is 0. The van der Waals surface area contributed by atoms with Crippen LogP contribution in [0.4, 0.5) is 0 Å². The Labute approximate surface area is 144 Å². The molecule has 4 aromatic rings. The number of rotatable bonds is 0. The minimum atomic E-state index is 0.934. The minimum Gasteiger partial charge on any atom is -0.464 e. The van der Waals surface area contributed by atoms with Crippen LogP contribution in [0.3, 0.4) is 0 Å². The SMILES string of the molecule is Brc1ccc2occc2c1.Brc1ccc2occc2c1.C=O. The van der Waals surface area contributed by atoms with E-state index in [9.17, 15) is 0 Å². The summed E-state index contributed by atoms with van der Waals surface area (Å²) in [4.78, 5) is 8.00. The molecule has 5 heteroatoms. The third-order valence-corrected chi connectivity index (χ3v) is 3.82. The maximum atomic E-state index is 8.00. The van der Waals surface area contributed by atoms with Crippen molar-refractivity contribution in [3.8, 4) is 0 Å². The van der Waals surface area contributed by atoms with Crippen molar-refractivity contribution in [1.82, 2.24) is 0 Å². The molecule has 112 valence electrons. The van der Waals surface area contributed by atoms with Crippen LogP contribution in [-0.4, -0.2) is 6.79 Å². The Kier molecular flexibility index (Phi) is 5.98. The fourth-order valence-corrected chi connectivity index (χ4v) is 2.63. The van der Waals surface area contributed by atoms with Crippen molar-refractivity contribution in [2.45, 2.75) is 0 Å². The highest BCUT2D eigenvalue weighted by molar-refractivity contribution is 9.10. The average molecular weight is 424 g/mol. The van der Waals surface area contributed by atoms with Crippen molar-refractivity contribution >= 4 is 60.6 Å². The maximum absolute atomic E-state index is 8.00. The molecule has 0 spiro atoms. The molecule has 0 radical (unpaired) electrons. The van der Waals surface area contributed by atoms with Crippen LogP contribution >= 0.6 is 31.9 Å². The van der Waals surface area contributed by atoms with Crippen LogP contribution in [0.2, 0.25) is 0 Å². The van der Waals surface area contributed by atoms with Crippen LogP contribution in [-0.2, 0) is 4.79 Å². The van der Waals surface area contributed by atoms with E-state index in [-0.39, 0.29) is 0 Å². The van der Waals surface area contributed by atoms with Gasteiger partial charge in [0.1, 0.15) is 18.0 Å². The Morgan fingerprint density at radius 3 is 1.50 bits per heavy atom. The monoisotopic (exact) mass is 422 g/mol. The summed E-state index contributed by atoms with van der Waals surface area (Å²) in [5, 5.41) is 2.27. The smallest absolute Gasteiger partial charge is 0.133 e. The lowest BCUT2D eigenvalue weighted by Crippen LogP contribution is -1.62. The summed E-state index contributed by atoms with van der Waals surface area (Å²) in [6.07, 6.45) is 3.38. The predicted molar refractivity (Wildman–Crippen MR) is 94.9 cm³/mol. The van der Waals surface area contributed by atoms with Crippen LogP contribution in [0, 0.1) is 0 Å². The summed E-state index contributed by atoms with van der Waals surface area (Å²) in [6, 6.07) is 15.8. The van der Waals surface area contributed by atoms with Crippen molar-refractivity contribution in [2.75, 3.05) is 0 Å². The van der Waals surface area contributed by atoms with Gasteiger partial charge >= 0.3 is 0 Å². The Bertz CT molecular complexity index is 792. The van der Waals surface area contributed by atoms with Gasteiger partial charge in [0.15, 0.2) is 0 Å². The van der Waals surface area contributed by atoms with E-state index in [4.69, 9.17) is 13.6 Å². The summed E-state index contributed by atoms with van der Waals surface area (Å²) in [5.41, 5.74) is 1.87. The number of fused-ring (bicyclic) bond motifs is 2. The van der Waals surface area contributed by atoms with Crippen molar-refractivity contribution in [3.63, 3.8) is 0 Å². The van der Waals surface area contributed by atoms with Gasteiger partial charge in [-0.15, -0.1) is 0 Å². The molecule has 0 saturated carbocycles. The van der Waals surface area contributed by atoms with Gasteiger partial charge in [-0.05, 0) is 48.5 Å². The molecule has 3 nitrogen and oxygen atoms in total. The van der Waals surface area contributed by atoms with Gasteiger partial charge < -0.3 is 13.6 Å². The first-order valence-corrected chi connectivity index (χ1v) is 7.85. The highest BCUT2D eigenvalue weighted by Gasteiger charge is 1.95. The first kappa shape index (κ1) is 16.5. The molecule has 0 N–H and O–H groups in total. The molecule has 0 aliphatic heterocycles. The van der Waals surface area contributed by atoms with Crippen molar-refractivity contribution in [1.29, 1.82) is 0 Å². The number of carbonyl (C=O) groups is 1. The number of hydrogen-bond acceptors (Lipinski definition) is 3. The number of hydrogen-bond donors (Lipinski definition) is 0. The van der Waals surface area contributed by atoms with Crippen molar-refractivity contribution < 1.29 is 13.6 Å². The van der Waals surface area contributed by atoms with Crippen LogP contribution < -0.4 is 0 Å². The molecular formula is C17H12Br2O3. The number of halogens is 2. The van der Waals surface area contributed by atoms with E-state index in [1.54, 1.807) is 12.5 Å². The standard InChI is InChI=1S/2C8H5BrO.CH2O/c2*9-7-1-2-8-6(5-7)3-4-10-8;1-2/h2*1-5H;1H2. The van der Waals surface area contributed by atoms with E-state index in [0.717, 1.165) is 30.9 Å². The molecule has 2 aromatic carbocycles. The molecule has 0 saturated heterocycles. The van der Waals surface area contributed by atoms with E-state index in [1.807, 2.05) is 55.3 Å². The van der Waals surface area contributed by atoms with Crippen LogP contribution in [0.15, 0.2) is 78.8 Å². The van der Waals surface area contributed by atoms with E-state index in [0.29, 0.717) is 0 Å². The third-order valence-electron chi connectivity index (χ3n) is 2.83. The average Bonchev–Trinajstić information content (AvgIpc) is 3.17. The second-order valence-electron chi connectivity index (χ2n) is 4.21. The Morgan fingerprint density at radius 2 is 1.09 bits per heavy atom. The van der Waals surface area contributed by atoms with Gasteiger partial charge in [0.2, 0.25) is 0 Å². The number of furan rings is 2. The Morgan fingerprint density at radius 1 is 0.682 bits per heavy atom. The Hall–Kier alpha value is -1.85. The maximum Gasteiger partial charge on any atom is 0.133 e. The van der Waals surface area contributed by atoms with E-state index in [1.165, 1.54) is 0 Å². The second kappa shape index (κ2) is 7.96. The van der Waals surface area contributed by atoms with Gasteiger partial charge in [0.25, 0.3) is 0 Å². The zero-order valence-electron chi connectivity index (χ0n) is 11.5. The van der Waals surface area contributed by atoms with Gasteiger partial charge in [-0.2, -0.15) is 0 Å². The van der Waals surface area contributed by atoms with E-state index >= 15 is 0 Å². The third kappa shape index (κ3) is 4.08. The normalized spacial score (nSPS) is 9.73. The molecule has 0 fully saturated rings. The molecule has 22 heavy (non-hydrogen) atoms. The fraction of sp³-hybridized carbons (Fsp3) is 0.